The number of hydrogen-bond donors (Lipinski definition) is 0. The van der Waals surface area contributed by atoms with Crippen molar-refractivity contribution in [1.82, 2.24) is 0 Å². The van der Waals surface area contributed by atoms with Crippen molar-refractivity contribution in [3.8, 4) is 11.1 Å². The first-order valence-corrected chi connectivity index (χ1v) is 22.7. The van der Waals surface area contributed by atoms with E-state index in [1.165, 1.54) is 101 Å². The van der Waals surface area contributed by atoms with E-state index < -0.39 is 0 Å². The first-order valence-electron chi connectivity index (χ1n) is 21.9. The normalized spacial score (nSPS) is 16.6. The molecular weight excluding hydrogens is 747 g/mol. The lowest BCUT2D eigenvalue weighted by Gasteiger charge is -2.46. The Hall–Kier alpha value is -5.26. The third kappa shape index (κ3) is 5.40. The van der Waals surface area contributed by atoms with Crippen molar-refractivity contribution in [2.45, 2.75) is 111 Å². The van der Waals surface area contributed by atoms with Crippen LogP contribution in [-0.2, 0) is 21.7 Å². The predicted octanol–water partition coefficient (Wildman–Crippen LogP) is 14.8. The minimum Gasteiger partial charge on any atom is -0.456 e. The van der Waals surface area contributed by atoms with Gasteiger partial charge >= 0.3 is 6.85 Å². The lowest BCUT2D eigenvalue weighted by Crippen LogP contribution is -2.61. The number of furan rings is 1. The molecule has 0 saturated carbocycles. The van der Waals surface area contributed by atoms with Gasteiger partial charge in [0.1, 0.15) is 11.2 Å². The average Bonchev–Trinajstić information content (AvgIpc) is 3.77. The van der Waals surface area contributed by atoms with Crippen LogP contribution in [-0.4, -0.2) is 6.85 Å². The standard InChI is InChI=1S/C55H55BN2OS/c1-32-26-41-42(55(10,11)25-24-54(41,8)9)30-43(32)57-45-28-34(53(5,6)7)27-40-38-29-39-36-16-12-14-18-46(36)59-47(39)31-44(38)58(35-22-20-33(21-23-35)52(2,3)4)56(49(40)45)50-37-17-13-15-19-48(37)60-51(50)57/h12-23,26-31H,24-25H2,1-11H3. The van der Waals surface area contributed by atoms with Crippen LogP contribution in [0.1, 0.15) is 110 Å². The molecule has 11 rings (SSSR count). The Bertz CT molecular complexity index is 3090. The molecular formula is C55H55BN2OS. The molecule has 5 heteroatoms. The van der Waals surface area contributed by atoms with Gasteiger partial charge in [0.2, 0.25) is 0 Å². The molecule has 6 aromatic carbocycles. The molecule has 1 aliphatic carbocycles. The minimum absolute atomic E-state index is 0.0421. The summed E-state index contributed by atoms with van der Waals surface area (Å²) in [5.74, 6) is 0. The highest BCUT2D eigenvalue weighted by Crippen LogP contribution is 2.54. The van der Waals surface area contributed by atoms with E-state index in [-0.39, 0.29) is 28.5 Å². The maximum atomic E-state index is 6.70. The van der Waals surface area contributed by atoms with Gasteiger partial charge in [-0.25, -0.2) is 0 Å². The summed E-state index contributed by atoms with van der Waals surface area (Å²) < 4.78 is 8.01. The first kappa shape index (κ1) is 37.7. The van der Waals surface area contributed by atoms with Gasteiger partial charge in [-0.05, 0) is 134 Å². The van der Waals surface area contributed by atoms with Crippen LogP contribution in [0.25, 0.3) is 43.2 Å². The molecule has 2 aromatic heterocycles. The van der Waals surface area contributed by atoms with Gasteiger partial charge in [0.25, 0.3) is 0 Å². The Morgan fingerprint density at radius 3 is 1.93 bits per heavy atom. The monoisotopic (exact) mass is 802 g/mol. The van der Waals surface area contributed by atoms with Crippen LogP contribution < -0.4 is 20.6 Å². The van der Waals surface area contributed by atoms with E-state index >= 15 is 0 Å². The summed E-state index contributed by atoms with van der Waals surface area (Å²) >= 11 is 1.95. The lowest BCUT2D eigenvalue weighted by atomic mass is 9.43. The number of rotatable bonds is 2. The molecule has 0 amide bonds. The van der Waals surface area contributed by atoms with E-state index in [2.05, 4.69) is 195 Å². The van der Waals surface area contributed by atoms with Gasteiger partial charge in [-0.3, -0.25) is 0 Å². The summed E-state index contributed by atoms with van der Waals surface area (Å²) in [7, 11) is 0. The van der Waals surface area contributed by atoms with Crippen molar-refractivity contribution in [3.63, 3.8) is 0 Å². The Kier molecular flexibility index (Phi) is 7.81. The number of anilines is 5. The van der Waals surface area contributed by atoms with Crippen LogP contribution in [0, 0.1) is 6.92 Å². The van der Waals surface area contributed by atoms with Gasteiger partial charge in [0.05, 0.1) is 10.7 Å². The summed E-state index contributed by atoms with van der Waals surface area (Å²) in [6, 6.07) is 42.0. The van der Waals surface area contributed by atoms with E-state index in [0.717, 1.165) is 21.9 Å². The van der Waals surface area contributed by atoms with Crippen LogP contribution in [0.3, 0.4) is 0 Å². The number of thiophene rings is 1. The third-order valence-electron chi connectivity index (χ3n) is 14.4. The molecule has 0 bridgehead atoms. The van der Waals surface area contributed by atoms with E-state index in [1.54, 1.807) is 0 Å². The largest absolute Gasteiger partial charge is 0.456 e. The Morgan fingerprint density at radius 2 is 1.23 bits per heavy atom. The summed E-state index contributed by atoms with van der Waals surface area (Å²) in [4.78, 5) is 5.34. The van der Waals surface area contributed by atoms with Gasteiger partial charge < -0.3 is 14.1 Å². The zero-order valence-electron chi connectivity index (χ0n) is 37.1. The second-order valence-electron chi connectivity index (χ2n) is 21.3. The maximum Gasteiger partial charge on any atom is 0.334 e. The van der Waals surface area contributed by atoms with Gasteiger partial charge in [0.15, 0.2) is 0 Å². The fourth-order valence-electron chi connectivity index (χ4n) is 10.7. The summed E-state index contributed by atoms with van der Waals surface area (Å²) in [5.41, 5.74) is 19.3. The molecule has 3 nitrogen and oxygen atoms in total. The van der Waals surface area contributed by atoms with Crippen molar-refractivity contribution in [1.29, 1.82) is 0 Å². The van der Waals surface area contributed by atoms with Crippen LogP contribution >= 0.6 is 11.3 Å². The van der Waals surface area contributed by atoms with Gasteiger partial charge in [-0.2, -0.15) is 0 Å². The van der Waals surface area contributed by atoms with Gasteiger partial charge in [0, 0.05) is 44.2 Å². The van der Waals surface area contributed by atoms with Gasteiger partial charge in [-0.1, -0.05) is 130 Å². The zero-order chi connectivity index (χ0) is 41.8. The topological polar surface area (TPSA) is 19.6 Å². The number of benzene rings is 6. The molecule has 0 spiro atoms. The fraction of sp³-hybridized carbons (Fsp3) is 0.309. The van der Waals surface area contributed by atoms with Gasteiger partial charge in [-0.15, -0.1) is 11.3 Å². The summed E-state index contributed by atoms with van der Waals surface area (Å²) in [6.45, 7) is 26.1. The van der Waals surface area contributed by atoms with Crippen molar-refractivity contribution in [3.05, 3.63) is 137 Å². The number of para-hydroxylation sites is 1. The molecule has 2 aliphatic heterocycles. The van der Waals surface area contributed by atoms with Crippen molar-refractivity contribution < 1.29 is 4.42 Å². The maximum absolute atomic E-state index is 6.70. The second-order valence-corrected chi connectivity index (χ2v) is 22.4. The second kappa shape index (κ2) is 12.4. The Labute approximate surface area is 360 Å². The van der Waals surface area contributed by atoms with Crippen molar-refractivity contribution >= 4 is 88.9 Å². The summed E-state index contributed by atoms with van der Waals surface area (Å²) in [6.07, 6.45) is 2.38. The molecule has 0 saturated heterocycles. The summed E-state index contributed by atoms with van der Waals surface area (Å²) in [5, 5.41) is 4.95. The molecule has 0 radical (unpaired) electrons. The Morgan fingerprint density at radius 1 is 0.583 bits per heavy atom. The SMILES string of the molecule is Cc1cc2c(cc1N1c3cc(C(C)(C)C)cc4c3B(c3c1sc1ccccc31)N(c1ccc(C(C)(C)C)cc1)c1cc3oc5ccccc5c3cc1-4)C(C)(C)CCC2(C)C. The molecule has 0 unspecified atom stereocenters. The molecule has 0 fully saturated rings. The quantitative estimate of drug-likeness (QED) is 0.162. The molecule has 300 valence electrons. The highest BCUT2D eigenvalue weighted by Gasteiger charge is 2.48. The van der Waals surface area contributed by atoms with Crippen LogP contribution in [0.4, 0.5) is 27.8 Å². The lowest BCUT2D eigenvalue weighted by molar-refractivity contribution is 0.332. The molecule has 60 heavy (non-hydrogen) atoms. The number of nitrogens with zero attached hydrogens (tertiary/aromatic N) is 2. The fourth-order valence-corrected chi connectivity index (χ4v) is 11.9. The molecule has 3 aliphatic rings. The van der Waals surface area contributed by atoms with Crippen molar-refractivity contribution in [2.75, 3.05) is 9.71 Å². The molecule has 8 aromatic rings. The number of hydrogen-bond acceptors (Lipinski definition) is 4. The smallest absolute Gasteiger partial charge is 0.334 e. The molecule has 0 N–H and O–H groups in total. The number of fused-ring (bicyclic) bond motifs is 10. The Balaban J connectivity index is 1.29. The first-order chi connectivity index (χ1) is 28.4. The number of aryl methyl sites for hydroxylation is 1. The van der Waals surface area contributed by atoms with E-state index in [0.29, 0.717) is 0 Å². The van der Waals surface area contributed by atoms with Crippen molar-refractivity contribution in [2.24, 2.45) is 0 Å². The zero-order valence-corrected chi connectivity index (χ0v) is 37.9. The average molecular weight is 803 g/mol. The molecule has 0 atom stereocenters. The van der Waals surface area contributed by atoms with E-state index in [4.69, 9.17) is 4.42 Å². The highest BCUT2D eigenvalue weighted by atomic mass is 32.1. The van der Waals surface area contributed by atoms with E-state index in [9.17, 15) is 0 Å². The van der Waals surface area contributed by atoms with Crippen LogP contribution in [0.2, 0.25) is 0 Å². The van der Waals surface area contributed by atoms with Crippen LogP contribution in [0.15, 0.2) is 114 Å². The predicted molar refractivity (Wildman–Crippen MR) is 260 cm³/mol. The third-order valence-corrected chi connectivity index (χ3v) is 15.5. The van der Waals surface area contributed by atoms with Crippen LogP contribution in [0.5, 0.6) is 0 Å². The minimum atomic E-state index is -0.0867. The van der Waals surface area contributed by atoms with E-state index in [1.807, 2.05) is 11.3 Å². The molecule has 4 heterocycles. The highest BCUT2D eigenvalue weighted by molar-refractivity contribution is 7.26.